The Bertz CT molecular complexity index is 692. The lowest BCUT2D eigenvalue weighted by molar-refractivity contribution is -0.134. The molecule has 0 unspecified atom stereocenters. The number of carbonyl (C=O) groups excluding carboxylic acids is 1. The predicted octanol–water partition coefficient (Wildman–Crippen LogP) is 4.32. The van der Waals surface area contributed by atoms with Crippen LogP contribution in [0.5, 0.6) is 11.5 Å². The molecule has 0 aliphatic rings. The van der Waals surface area contributed by atoms with Crippen LogP contribution in [0.25, 0.3) is 0 Å². The molecule has 0 aliphatic heterocycles. The highest BCUT2D eigenvalue weighted by molar-refractivity contribution is 9.10. The van der Waals surface area contributed by atoms with Crippen LogP contribution in [0, 0.1) is 11.3 Å². The van der Waals surface area contributed by atoms with E-state index in [1.165, 1.54) is 0 Å². The largest absolute Gasteiger partial charge is 0.490 e. The van der Waals surface area contributed by atoms with Gasteiger partial charge in [-0.15, -0.1) is 11.3 Å². The molecule has 1 aromatic carbocycles. The molecule has 6 heteroatoms. The first-order valence-electron chi connectivity index (χ1n) is 6.73. The van der Waals surface area contributed by atoms with Gasteiger partial charge in [0.05, 0.1) is 29.1 Å². The molecule has 0 saturated heterocycles. The summed E-state index contributed by atoms with van der Waals surface area (Å²) in [4.78, 5) is 13.2. The van der Waals surface area contributed by atoms with Crippen LogP contribution in [0.2, 0.25) is 0 Å². The van der Waals surface area contributed by atoms with Crippen LogP contribution in [-0.4, -0.2) is 12.6 Å². The van der Waals surface area contributed by atoms with Gasteiger partial charge in [0, 0.05) is 10.9 Å². The Morgan fingerprint density at radius 1 is 1.45 bits per heavy atom. The van der Waals surface area contributed by atoms with Gasteiger partial charge >= 0.3 is 5.97 Å². The summed E-state index contributed by atoms with van der Waals surface area (Å²) in [5.74, 6) is 0.370. The van der Waals surface area contributed by atoms with Crippen LogP contribution < -0.4 is 9.47 Å². The highest BCUT2D eigenvalue weighted by atomic mass is 79.9. The molecule has 0 radical (unpaired) electrons. The molecule has 1 aromatic heterocycles. The fourth-order valence-corrected chi connectivity index (χ4v) is 3.07. The van der Waals surface area contributed by atoms with Crippen molar-refractivity contribution in [2.75, 3.05) is 6.61 Å². The number of nitrogens with zero attached hydrogens (tertiary/aromatic N) is 1. The summed E-state index contributed by atoms with van der Waals surface area (Å²) in [6.45, 7) is 2.25. The molecule has 0 N–H and O–H groups in total. The Kier molecular flexibility index (Phi) is 5.99. The number of hydrogen-bond acceptors (Lipinski definition) is 5. The average Bonchev–Trinajstić information content (AvgIpc) is 3.02. The molecule has 0 atom stereocenters. The number of ether oxygens (including phenoxy) is 2. The number of thiophene rings is 1. The smallest absolute Gasteiger partial charge is 0.311 e. The topological polar surface area (TPSA) is 59.3 Å². The number of carbonyl (C=O) groups is 1. The lowest BCUT2D eigenvalue weighted by Gasteiger charge is -2.12. The number of aryl methyl sites for hydroxylation is 1. The number of halogens is 1. The van der Waals surface area contributed by atoms with Gasteiger partial charge < -0.3 is 9.47 Å². The van der Waals surface area contributed by atoms with Crippen molar-refractivity contribution in [3.05, 3.63) is 44.6 Å². The van der Waals surface area contributed by atoms with Crippen molar-refractivity contribution >= 4 is 33.2 Å². The van der Waals surface area contributed by atoms with Crippen LogP contribution >= 0.6 is 27.3 Å². The summed E-state index contributed by atoms with van der Waals surface area (Å²) >= 11 is 4.93. The number of rotatable bonds is 6. The second-order valence-corrected chi connectivity index (χ2v) is 6.27. The minimum absolute atomic E-state index is 0.290. The van der Waals surface area contributed by atoms with Crippen molar-refractivity contribution in [1.29, 1.82) is 5.26 Å². The van der Waals surface area contributed by atoms with Crippen molar-refractivity contribution in [1.82, 2.24) is 0 Å². The first kappa shape index (κ1) is 16.5. The molecule has 114 valence electrons. The van der Waals surface area contributed by atoms with E-state index < -0.39 is 0 Å². The zero-order valence-electron chi connectivity index (χ0n) is 12.0. The molecule has 22 heavy (non-hydrogen) atoms. The maximum Gasteiger partial charge on any atom is 0.311 e. The van der Waals surface area contributed by atoms with Gasteiger partial charge in [-0.1, -0.05) is 6.07 Å². The average molecular weight is 380 g/mol. The van der Waals surface area contributed by atoms with E-state index in [0.29, 0.717) is 41.0 Å². The van der Waals surface area contributed by atoms with Gasteiger partial charge in [0.1, 0.15) is 0 Å². The Balaban J connectivity index is 2.10. The molecule has 2 rings (SSSR count). The maximum atomic E-state index is 12.0. The fraction of sp³-hybridized carbons (Fsp3) is 0.250. The minimum Gasteiger partial charge on any atom is -0.490 e. The van der Waals surface area contributed by atoms with Gasteiger partial charge in [-0.2, -0.15) is 5.26 Å². The Morgan fingerprint density at radius 3 is 2.91 bits per heavy atom. The summed E-state index contributed by atoms with van der Waals surface area (Å²) < 4.78 is 11.4. The lowest BCUT2D eigenvalue weighted by atomic mass is 10.2. The van der Waals surface area contributed by atoms with Gasteiger partial charge in [-0.05, 0) is 46.8 Å². The second kappa shape index (κ2) is 7.97. The Hall–Kier alpha value is -1.84. The number of hydrogen-bond donors (Lipinski definition) is 0. The number of esters is 1. The predicted molar refractivity (Wildman–Crippen MR) is 88.3 cm³/mol. The zero-order chi connectivity index (χ0) is 15.9. The van der Waals surface area contributed by atoms with Gasteiger partial charge in [0.2, 0.25) is 0 Å². The van der Waals surface area contributed by atoms with E-state index in [1.54, 1.807) is 23.5 Å². The van der Waals surface area contributed by atoms with Crippen LogP contribution in [-0.2, 0) is 11.2 Å². The third-order valence-corrected chi connectivity index (χ3v) is 4.34. The maximum absolute atomic E-state index is 12.0. The van der Waals surface area contributed by atoms with E-state index in [2.05, 4.69) is 15.9 Å². The van der Waals surface area contributed by atoms with Crippen LogP contribution in [0.1, 0.15) is 23.8 Å². The number of nitriles is 1. The van der Waals surface area contributed by atoms with Crippen molar-refractivity contribution < 1.29 is 14.3 Å². The molecule has 0 bridgehead atoms. The molecule has 1 heterocycles. The lowest BCUT2D eigenvalue weighted by Crippen LogP contribution is -2.10. The minimum atomic E-state index is -0.334. The standard InChI is InChI=1S/C16H14BrNO3S/c1-2-20-14-9-11(10-18)8-13(17)16(14)21-15(19)6-5-12-4-3-7-22-12/h3-4,7-9H,2,5-6H2,1H3. The molecular weight excluding hydrogens is 366 g/mol. The molecule has 2 aromatic rings. The third kappa shape index (κ3) is 4.33. The first-order valence-corrected chi connectivity index (χ1v) is 8.40. The fourth-order valence-electron chi connectivity index (χ4n) is 1.84. The molecule has 4 nitrogen and oxygen atoms in total. The molecule has 0 amide bonds. The molecular formula is C16H14BrNO3S. The third-order valence-electron chi connectivity index (χ3n) is 2.81. The van der Waals surface area contributed by atoms with E-state index in [1.807, 2.05) is 30.5 Å². The Labute approximate surface area is 141 Å². The monoisotopic (exact) mass is 379 g/mol. The van der Waals surface area contributed by atoms with E-state index in [4.69, 9.17) is 14.7 Å². The van der Waals surface area contributed by atoms with Gasteiger partial charge in [-0.3, -0.25) is 4.79 Å². The molecule has 0 fully saturated rings. The van der Waals surface area contributed by atoms with Crippen LogP contribution in [0.3, 0.4) is 0 Å². The van der Waals surface area contributed by atoms with E-state index in [9.17, 15) is 4.79 Å². The van der Waals surface area contributed by atoms with Gasteiger partial charge in [-0.25, -0.2) is 0 Å². The number of benzene rings is 1. The van der Waals surface area contributed by atoms with Crippen molar-refractivity contribution in [2.45, 2.75) is 19.8 Å². The molecule has 0 spiro atoms. The molecule has 0 saturated carbocycles. The van der Waals surface area contributed by atoms with Crippen molar-refractivity contribution in [2.24, 2.45) is 0 Å². The van der Waals surface area contributed by atoms with Gasteiger partial charge in [0.15, 0.2) is 11.5 Å². The summed E-state index contributed by atoms with van der Waals surface area (Å²) in [6.07, 6.45) is 0.937. The van der Waals surface area contributed by atoms with E-state index >= 15 is 0 Å². The molecule has 0 aliphatic carbocycles. The highest BCUT2D eigenvalue weighted by Gasteiger charge is 2.16. The highest BCUT2D eigenvalue weighted by Crippen LogP contribution is 2.37. The quantitative estimate of drug-likeness (QED) is 0.553. The van der Waals surface area contributed by atoms with Crippen LogP contribution in [0.15, 0.2) is 34.1 Å². The van der Waals surface area contributed by atoms with E-state index in [-0.39, 0.29) is 5.97 Å². The zero-order valence-corrected chi connectivity index (χ0v) is 14.4. The Morgan fingerprint density at radius 2 is 2.27 bits per heavy atom. The summed E-state index contributed by atoms with van der Waals surface area (Å²) in [6, 6.07) is 9.15. The first-order chi connectivity index (χ1) is 10.6. The SMILES string of the molecule is CCOc1cc(C#N)cc(Br)c1OC(=O)CCc1cccs1. The normalized spacial score (nSPS) is 10.0. The summed E-state index contributed by atoms with van der Waals surface area (Å²) in [5.41, 5.74) is 0.439. The second-order valence-electron chi connectivity index (χ2n) is 4.38. The van der Waals surface area contributed by atoms with Crippen molar-refractivity contribution in [3.8, 4) is 17.6 Å². The van der Waals surface area contributed by atoms with Crippen LogP contribution in [0.4, 0.5) is 0 Å². The van der Waals surface area contributed by atoms with E-state index in [0.717, 1.165) is 4.88 Å². The summed E-state index contributed by atoms with van der Waals surface area (Å²) in [7, 11) is 0. The van der Waals surface area contributed by atoms with Crippen molar-refractivity contribution in [3.63, 3.8) is 0 Å². The van der Waals surface area contributed by atoms with Gasteiger partial charge in [0.25, 0.3) is 0 Å². The summed E-state index contributed by atoms with van der Waals surface area (Å²) in [5, 5.41) is 11.0.